The van der Waals surface area contributed by atoms with Gasteiger partial charge < -0.3 is 10.5 Å². The number of carbonyl (C=O) groups excluding carboxylic acids is 1. The van der Waals surface area contributed by atoms with Gasteiger partial charge in [-0.3, -0.25) is 4.79 Å². The first-order valence-electron chi connectivity index (χ1n) is 6.51. The number of Topliss-reactive ketones (excluding diaryl/α,β-unsaturated/α-hetero) is 1. The highest BCUT2D eigenvalue weighted by Crippen LogP contribution is 2.32. The monoisotopic (exact) mass is 287 g/mol. The number of ketones is 1. The van der Waals surface area contributed by atoms with Crippen LogP contribution in [0.2, 0.25) is 0 Å². The van der Waals surface area contributed by atoms with E-state index in [4.69, 9.17) is 5.73 Å². The van der Waals surface area contributed by atoms with Crippen LogP contribution in [0.4, 0.5) is 13.2 Å². The van der Waals surface area contributed by atoms with E-state index in [2.05, 4.69) is 4.74 Å². The smallest absolute Gasteiger partial charge is 0.405 e. The Morgan fingerprint density at radius 2 is 1.95 bits per heavy atom. The van der Waals surface area contributed by atoms with Crippen molar-refractivity contribution in [3.05, 3.63) is 29.8 Å². The molecule has 0 amide bonds. The van der Waals surface area contributed by atoms with Crippen molar-refractivity contribution >= 4 is 5.78 Å². The van der Waals surface area contributed by atoms with Gasteiger partial charge in [0.2, 0.25) is 0 Å². The number of para-hydroxylation sites is 1. The molecule has 2 rings (SSSR count). The van der Waals surface area contributed by atoms with Crippen LogP contribution in [0.25, 0.3) is 0 Å². The Morgan fingerprint density at radius 1 is 1.25 bits per heavy atom. The van der Waals surface area contributed by atoms with Crippen LogP contribution in [-0.2, 0) is 0 Å². The summed E-state index contributed by atoms with van der Waals surface area (Å²) in [6.07, 6.45) is -1.96. The number of rotatable bonds is 3. The molecule has 1 aliphatic carbocycles. The Hall–Kier alpha value is -1.56. The molecule has 1 aromatic carbocycles. The quantitative estimate of drug-likeness (QED) is 0.868. The number of halogens is 3. The predicted octanol–water partition coefficient (Wildman–Crippen LogP) is 3.29. The van der Waals surface area contributed by atoms with Crippen molar-refractivity contribution in [1.82, 2.24) is 0 Å². The van der Waals surface area contributed by atoms with E-state index in [-0.39, 0.29) is 23.3 Å². The summed E-state index contributed by atoms with van der Waals surface area (Å²) in [6.45, 7) is 0. The number of hydrogen-bond donors (Lipinski definition) is 1. The summed E-state index contributed by atoms with van der Waals surface area (Å²) in [5.74, 6) is -1.08. The SMILES string of the molecule is NC1CCCC(C(=O)c2ccccc2OC(F)(F)F)C1. The third-order valence-corrected chi connectivity index (χ3v) is 3.46. The van der Waals surface area contributed by atoms with Crippen LogP contribution in [0.3, 0.4) is 0 Å². The van der Waals surface area contributed by atoms with Gasteiger partial charge >= 0.3 is 6.36 Å². The Labute approximate surface area is 114 Å². The van der Waals surface area contributed by atoms with Gasteiger partial charge in [-0.05, 0) is 31.4 Å². The molecule has 0 spiro atoms. The number of alkyl halides is 3. The summed E-state index contributed by atoms with van der Waals surface area (Å²) < 4.78 is 40.9. The molecule has 1 fully saturated rings. The third kappa shape index (κ3) is 3.72. The van der Waals surface area contributed by atoms with E-state index in [9.17, 15) is 18.0 Å². The molecular weight excluding hydrogens is 271 g/mol. The molecule has 2 atom stereocenters. The zero-order chi connectivity index (χ0) is 14.8. The van der Waals surface area contributed by atoms with Crippen LogP contribution in [0.5, 0.6) is 5.75 Å². The van der Waals surface area contributed by atoms with Gasteiger partial charge in [0.15, 0.2) is 5.78 Å². The van der Waals surface area contributed by atoms with E-state index in [1.165, 1.54) is 18.2 Å². The standard InChI is InChI=1S/C14H16F3NO2/c15-14(16,17)20-12-7-2-1-6-11(12)13(19)9-4-3-5-10(18)8-9/h1-2,6-7,9-10H,3-5,8,18H2. The number of nitrogens with two attached hydrogens (primary N) is 1. The average Bonchev–Trinajstić information content (AvgIpc) is 2.37. The summed E-state index contributed by atoms with van der Waals surface area (Å²) in [7, 11) is 0. The van der Waals surface area contributed by atoms with Gasteiger partial charge in [-0.25, -0.2) is 0 Å². The van der Waals surface area contributed by atoms with Gasteiger partial charge in [-0.1, -0.05) is 18.6 Å². The van der Waals surface area contributed by atoms with Gasteiger partial charge in [0.1, 0.15) is 5.75 Å². The molecule has 20 heavy (non-hydrogen) atoms. The van der Waals surface area contributed by atoms with Crippen molar-refractivity contribution in [2.24, 2.45) is 11.7 Å². The van der Waals surface area contributed by atoms with E-state index in [0.29, 0.717) is 12.8 Å². The molecule has 1 saturated carbocycles. The maximum atomic E-state index is 12.3. The lowest BCUT2D eigenvalue weighted by molar-refractivity contribution is -0.274. The van der Waals surface area contributed by atoms with Gasteiger partial charge in [0.25, 0.3) is 0 Å². The highest BCUT2D eigenvalue weighted by atomic mass is 19.4. The Bertz CT molecular complexity index is 488. The first kappa shape index (κ1) is 14.8. The fourth-order valence-corrected chi connectivity index (χ4v) is 2.57. The van der Waals surface area contributed by atoms with Gasteiger partial charge in [0, 0.05) is 12.0 Å². The summed E-state index contributed by atoms with van der Waals surface area (Å²) >= 11 is 0. The molecule has 1 aliphatic rings. The van der Waals surface area contributed by atoms with E-state index in [0.717, 1.165) is 18.9 Å². The van der Waals surface area contributed by atoms with Crippen LogP contribution in [0, 0.1) is 5.92 Å². The largest absolute Gasteiger partial charge is 0.573 e. The minimum atomic E-state index is -4.81. The number of hydrogen-bond acceptors (Lipinski definition) is 3. The third-order valence-electron chi connectivity index (χ3n) is 3.46. The second-order valence-electron chi connectivity index (χ2n) is 5.03. The fraction of sp³-hybridized carbons (Fsp3) is 0.500. The predicted molar refractivity (Wildman–Crippen MR) is 67.4 cm³/mol. The van der Waals surface area contributed by atoms with Crippen molar-refractivity contribution < 1.29 is 22.7 Å². The highest BCUT2D eigenvalue weighted by Gasteiger charge is 2.34. The maximum Gasteiger partial charge on any atom is 0.573 e. The van der Waals surface area contributed by atoms with Crippen molar-refractivity contribution in [3.8, 4) is 5.75 Å². The fourth-order valence-electron chi connectivity index (χ4n) is 2.57. The molecule has 3 nitrogen and oxygen atoms in total. The zero-order valence-electron chi connectivity index (χ0n) is 10.8. The molecule has 0 bridgehead atoms. The maximum absolute atomic E-state index is 12.3. The minimum Gasteiger partial charge on any atom is -0.405 e. The lowest BCUT2D eigenvalue weighted by Gasteiger charge is -2.26. The van der Waals surface area contributed by atoms with Crippen molar-refractivity contribution in [2.45, 2.75) is 38.1 Å². The van der Waals surface area contributed by atoms with Crippen molar-refractivity contribution in [2.75, 3.05) is 0 Å². The van der Waals surface area contributed by atoms with Crippen molar-refractivity contribution in [1.29, 1.82) is 0 Å². The van der Waals surface area contributed by atoms with E-state index in [1.807, 2.05) is 0 Å². The topological polar surface area (TPSA) is 52.3 Å². The normalized spacial score (nSPS) is 23.4. The van der Waals surface area contributed by atoms with E-state index >= 15 is 0 Å². The highest BCUT2D eigenvalue weighted by molar-refractivity contribution is 6.00. The Kier molecular flexibility index (Phi) is 4.32. The number of benzene rings is 1. The van der Waals surface area contributed by atoms with Crippen LogP contribution in [-0.4, -0.2) is 18.2 Å². The van der Waals surface area contributed by atoms with E-state index < -0.39 is 12.1 Å². The molecule has 1 aromatic rings. The van der Waals surface area contributed by atoms with Gasteiger partial charge in [0.05, 0.1) is 5.56 Å². The molecule has 0 saturated heterocycles. The summed E-state index contributed by atoms with van der Waals surface area (Å²) in [5, 5.41) is 0. The number of ether oxygens (including phenoxy) is 1. The first-order valence-corrected chi connectivity index (χ1v) is 6.51. The summed E-state index contributed by atoms with van der Waals surface area (Å²) in [6, 6.07) is 5.39. The van der Waals surface area contributed by atoms with Crippen LogP contribution < -0.4 is 10.5 Å². The molecule has 2 unspecified atom stereocenters. The first-order chi connectivity index (χ1) is 9.37. The minimum absolute atomic E-state index is 0.0241. The Morgan fingerprint density at radius 3 is 2.60 bits per heavy atom. The van der Waals surface area contributed by atoms with Crippen LogP contribution in [0.15, 0.2) is 24.3 Å². The second-order valence-corrected chi connectivity index (χ2v) is 5.03. The van der Waals surface area contributed by atoms with Crippen LogP contribution in [0.1, 0.15) is 36.0 Å². The molecule has 0 aliphatic heterocycles. The van der Waals surface area contributed by atoms with Crippen molar-refractivity contribution in [3.63, 3.8) is 0 Å². The molecule has 2 N–H and O–H groups in total. The van der Waals surface area contributed by atoms with E-state index in [1.54, 1.807) is 0 Å². The van der Waals surface area contributed by atoms with Crippen LogP contribution >= 0.6 is 0 Å². The summed E-state index contributed by atoms with van der Waals surface area (Å²) in [4.78, 5) is 12.3. The van der Waals surface area contributed by atoms with Gasteiger partial charge in [-0.15, -0.1) is 13.2 Å². The molecule has 0 heterocycles. The molecule has 110 valence electrons. The molecule has 6 heteroatoms. The lowest BCUT2D eigenvalue weighted by Crippen LogP contribution is -2.32. The summed E-state index contributed by atoms with van der Waals surface area (Å²) in [5.41, 5.74) is 5.79. The Balaban J connectivity index is 2.21. The number of carbonyl (C=O) groups is 1. The molecule has 0 aromatic heterocycles. The molecular formula is C14H16F3NO2. The average molecular weight is 287 g/mol. The zero-order valence-corrected chi connectivity index (χ0v) is 10.8. The lowest BCUT2D eigenvalue weighted by atomic mass is 9.81. The second kappa shape index (κ2) is 5.83. The van der Waals surface area contributed by atoms with Gasteiger partial charge in [-0.2, -0.15) is 0 Å². The molecule has 0 radical (unpaired) electrons.